The molecule has 0 radical (unpaired) electrons. The summed E-state index contributed by atoms with van der Waals surface area (Å²) in [5.41, 5.74) is 5.32. The smallest absolute Gasteiger partial charge is 0.0814 e. The van der Waals surface area contributed by atoms with Gasteiger partial charge in [0.1, 0.15) is 0 Å². The standard InChI is InChI=1S/C13H19NO2S/c1-3-15-9-11(2)16-10-13-7-6-12(17-13)5-4-8-14/h6-7,11H,3,8-10,14H2,1-2H3. The van der Waals surface area contributed by atoms with Gasteiger partial charge in [-0.15, -0.1) is 11.3 Å². The fourth-order valence-corrected chi connectivity index (χ4v) is 2.02. The van der Waals surface area contributed by atoms with Crippen molar-refractivity contribution in [2.75, 3.05) is 19.8 Å². The fourth-order valence-electron chi connectivity index (χ4n) is 1.22. The summed E-state index contributed by atoms with van der Waals surface area (Å²) >= 11 is 1.64. The van der Waals surface area contributed by atoms with Crippen LogP contribution >= 0.6 is 11.3 Å². The molecule has 0 aliphatic heterocycles. The highest BCUT2D eigenvalue weighted by molar-refractivity contribution is 7.12. The van der Waals surface area contributed by atoms with E-state index in [4.69, 9.17) is 15.2 Å². The van der Waals surface area contributed by atoms with Crippen molar-refractivity contribution in [1.82, 2.24) is 0 Å². The van der Waals surface area contributed by atoms with Crippen LogP contribution in [0, 0.1) is 11.8 Å². The zero-order chi connectivity index (χ0) is 12.5. The van der Waals surface area contributed by atoms with E-state index < -0.39 is 0 Å². The molecular formula is C13H19NO2S. The minimum atomic E-state index is 0.121. The van der Waals surface area contributed by atoms with Gasteiger partial charge < -0.3 is 15.2 Å². The Labute approximate surface area is 107 Å². The number of thiophene rings is 1. The number of hydrogen-bond donors (Lipinski definition) is 1. The highest BCUT2D eigenvalue weighted by atomic mass is 32.1. The average Bonchev–Trinajstić information content (AvgIpc) is 2.79. The minimum Gasteiger partial charge on any atom is -0.379 e. The minimum absolute atomic E-state index is 0.121. The third-order valence-corrected chi connectivity index (χ3v) is 3.02. The predicted octanol–water partition coefficient (Wildman–Crippen LogP) is 2.00. The lowest BCUT2D eigenvalue weighted by atomic mass is 10.4. The molecule has 0 aliphatic carbocycles. The summed E-state index contributed by atoms with van der Waals surface area (Å²) in [6.07, 6.45) is 0.121. The first-order valence-corrected chi connectivity index (χ1v) is 6.55. The monoisotopic (exact) mass is 253 g/mol. The second-order valence-electron chi connectivity index (χ2n) is 3.55. The van der Waals surface area contributed by atoms with E-state index in [9.17, 15) is 0 Å². The molecule has 1 rings (SSSR count). The van der Waals surface area contributed by atoms with Gasteiger partial charge in [-0.2, -0.15) is 0 Å². The van der Waals surface area contributed by atoms with Crippen molar-refractivity contribution < 1.29 is 9.47 Å². The zero-order valence-electron chi connectivity index (χ0n) is 10.4. The summed E-state index contributed by atoms with van der Waals surface area (Å²) in [6, 6.07) is 4.04. The topological polar surface area (TPSA) is 44.5 Å². The molecule has 1 unspecified atom stereocenters. The first kappa shape index (κ1) is 14.2. The van der Waals surface area contributed by atoms with Gasteiger partial charge in [0.2, 0.25) is 0 Å². The Hall–Kier alpha value is -0.860. The molecule has 0 aliphatic rings. The molecule has 1 aromatic heterocycles. The van der Waals surface area contributed by atoms with Crippen molar-refractivity contribution >= 4 is 11.3 Å². The van der Waals surface area contributed by atoms with Gasteiger partial charge in [-0.05, 0) is 26.0 Å². The van der Waals surface area contributed by atoms with E-state index in [0.29, 0.717) is 19.8 Å². The molecule has 0 spiro atoms. The van der Waals surface area contributed by atoms with Crippen LogP contribution in [0.4, 0.5) is 0 Å². The van der Waals surface area contributed by atoms with Crippen LogP contribution in [0.5, 0.6) is 0 Å². The Kier molecular flexibility index (Phi) is 6.90. The normalized spacial score (nSPS) is 11.9. The van der Waals surface area contributed by atoms with Crippen LogP contribution in [0.1, 0.15) is 23.6 Å². The molecule has 0 fully saturated rings. The second kappa shape index (κ2) is 8.26. The quantitative estimate of drug-likeness (QED) is 0.789. The molecule has 4 heteroatoms. The van der Waals surface area contributed by atoms with Gasteiger partial charge in [0.15, 0.2) is 0 Å². The Balaban J connectivity index is 2.34. The SMILES string of the molecule is CCOCC(C)OCc1ccc(C#CCN)s1. The first-order valence-electron chi connectivity index (χ1n) is 5.73. The second-order valence-corrected chi connectivity index (χ2v) is 4.72. The van der Waals surface area contributed by atoms with E-state index in [1.807, 2.05) is 26.0 Å². The van der Waals surface area contributed by atoms with Crippen molar-refractivity contribution in [2.45, 2.75) is 26.6 Å². The summed E-state index contributed by atoms with van der Waals surface area (Å²) in [5, 5.41) is 0. The van der Waals surface area contributed by atoms with E-state index in [-0.39, 0.29) is 6.10 Å². The maximum Gasteiger partial charge on any atom is 0.0814 e. The predicted molar refractivity (Wildman–Crippen MR) is 71.0 cm³/mol. The van der Waals surface area contributed by atoms with E-state index in [1.165, 1.54) is 4.88 Å². The van der Waals surface area contributed by atoms with Gasteiger partial charge in [0.05, 0.1) is 30.7 Å². The molecule has 0 saturated carbocycles. The van der Waals surface area contributed by atoms with Crippen molar-refractivity contribution in [2.24, 2.45) is 5.73 Å². The largest absolute Gasteiger partial charge is 0.379 e. The maximum atomic E-state index is 5.66. The molecule has 2 N–H and O–H groups in total. The molecule has 0 aromatic carbocycles. The van der Waals surface area contributed by atoms with Crippen molar-refractivity contribution in [3.05, 3.63) is 21.9 Å². The number of rotatable bonds is 6. The maximum absolute atomic E-state index is 5.66. The third kappa shape index (κ3) is 5.85. The summed E-state index contributed by atoms with van der Waals surface area (Å²) < 4.78 is 10.9. The molecule has 1 aromatic rings. The number of hydrogen-bond acceptors (Lipinski definition) is 4. The van der Waals surface area contributed by atoms with Gasteiger partial charge in [-0.1, -0.05) is 11.8 Å². The highest BCUT2D eigenvalue weighted by Crippen LogP contribution is 2.16. The van der Waals surface area contributed by atoms with Gasteiger partial charge in [0.25, 0.3) is 0 Å². The van der Waals surface area contributed by atoms with Gasteiger partial charge in [0, 0.05) is 11.5 Å². The van der Waals surface area contributed by atoms with E-state index >= 15 is 0 Å². The Morgan fingerprint density at radius 1 is 1.47 bits per heavy atom. The lowest BCUT2D eigenvalue weighted by Gasteiger charge is -2.11. The number of ether oxygens (including phenoxy) is 2. The molecule has 94 valence electrons. The van der Waals surface area contributed by atoms with Crippen molar-refractivity contribution in [3.63, 3.8) is 0 Å². The van der Waals surface area contributed by atoms with Crippen molar-refractivity contribution in [1.29, 1.82) is 0 Å². The fraction of sp³-hybridized carbons (Fsp3) is 0.538. The molecule has 0 bridgehead atoms. The van der Waals surface area contributed by atoms with Crippen molar-refractivity contribution in [3.8, 4) is 11.8 Å². The van der Waals surface area contributed by atoms with E-state index in [0.717, 1.165) is 11.5 Å². The average molecular weight is 253 g/mol. The molecule has 3 nitrogen and oxygen atoms in total. The van der Waals surface area contributed by atoms with Crippen LogP contribution in [-0.4, -0.2) is 25.9 Å². The van der Waals surface area contributed by atoms with Crippen LogP contribution in [0.15, 0.2) is 12.1 Å². The molecule has 1 atom stereocenters. The Morgan fingerprint density at radius 2 is 2.29 bits per heavy atom. The highest BCUT2D eigenvalue weighted by Gasteiger charge is 2.04. The lowest BCUT2D eigenvalue weighted by molar-refractivity contribution is -0.0107. The summed E-state index contributed by atoms with van der Waals surface area (Å²) in [5.74, 6) is 5.85. The number of nitrogens with two attached hydrogens (primary N) is 1. The summed E-state index contributed by atoms with van der Waals surface area (Å²) in [4.78, 5) is 2.21. The molecule has 0 saturated heterocycles. The van der Waals surface area contributed by atoms with Gasteiger partial charge in [-0.3, -0.25) is 0 Å². The first-order chi connectivity index (χ1) is 8.26. The lowest BCUT2D eigenvalue weighted by Crippen LogP contribution is -2.15. The summed E-state index contributed by atoms with van der Waals surface area (Å²) in [6.45, 7) is 6.37. The molecule has 1 heterocycles. The molecule has 0 amide bonds. The zero-order valence-corrected chi connectivity index (χ0v) is 11.2. The Bertz CT molecular complexity index is 378. The Morgan fingerprint density at radius 3 is 3.00 bits per heavy atom. The van der Waals surface area contributed by atoms with Crippen LogP contribution < -0.4 is 5.73 Å². The molecule has 17 heavy (non-hydrogen) atoms. The van der Waals surface area contributed by atoms with Gasteiger partial charge >= 0.3 is 0 Å². The third-order valence-electron chi connectivity index (χ3n) is 2.04. The van der Waals surface area contributed by atoms with Crippen LogP contribution in [0.25, 0.3) is 0 Å². The van der Waals surface area contributed by atoms with E-state index in [2.05, 4.69) is 11.8 Å². The van der Waals surface area contributed by atoms with Crippen LogP contribution in [0.3, 0.4) is 0 Å². The van der Waals surface area contributed by atoms with Crippen LogP contribution in [-0.2, 0) is 16.1 Å². The van der Waals surface area contributed by atoms with Crippen LogP contribution in [0.2, 0.25) is 0 Å². The molecular weight excluding hydrogens is 234 g/mol. The van der Waals surface area contributed by atoms with E-state index in [1.54, 1.807) is 11.3 Å². The van der Waals surface area contributed by atoms with Gasteiger partial charge in [-0.25, -0.2) is 0 Å². The summed E-state index contributed by atoms with van der Waals surface area (Å²) in [7, 11) is 0.